The fourth-order valence-corrected chi connectivity index (χ4v) is 6.33. The van der Waals surface area contributed by atoms with Crippen molar-refractivity contribution >= 4 is 23.2 Å². The van der Waals surface area contributed by atoms with Crippen LogP contribution in [0.5, 0.6) is 0 Å². The molecule has 3 atom stereocenters. The fraction of sp³-hybridized carbons (Fsp3) is 0.286. The summed E-state index contributed by atoms with van der Waals surface area (Å²) in [6, 6.07) is 13.9. The van der Waals surface area contributed by atoms with Gasteiger partial charge in [-0.25, -0.2) is 10.1 Å². The molecule has 200 valence electrons. The predicted octanol–water partition coefficient (Wildman–Crippen LogP) is 3.31. The molecule has 40 heavy (non-hydrogen) atoms. The number of nitrogens with zero attached hydrogens (tertiary/aromatic N) is 8. The molecule has 2 fully saturated rings. The number of hydrogen-bond donors (Lipinski definition) is 2. The minimum absolute atomic E-state index is 0.000443. The van der Waals surface area contributed by atoms with Crippen LogP contribution in [0.1, 0.15) is 65.2 Å². The van der Waals surface area contributed by atoms with Crippen molar-refractivity contribution in [2.75, 3.05) is 5.73 Å². The number of carbonyl (C=O) groups excluding carboxylic acids is 2. The monoisotopic (exact) mass is 534 g/mol. The first-order chi connectivity index (χ1) is 19.5. The van der Waals surface area contributed by atoms with E-state index in [0.29, 0.717) is 29.7 Å². The van der Waals surface area contributed by atoms with Crippen LogP contribution in [-0.4, -0.2) is 68.9 Å². The van der Waals surface area contributed by atoms with Crippen LogP contribution in [0.2, 0.25) is 0 Å². The van der Waals surface area contributed by atoms with Crippen molar-refractivity contribution in [3.8, 4) is 22.4 Å². The Hall–Kier alpha value is -5.00. The molecule has 12 nitrogen and oxygen atoms in total. The number of ketones is 1. The van der Waals surface area contributed by atoms with Crippen molar-refractivity contribution in [3.63, 3.8) is 0 Å². The molecule has 0 spiro atoms. The highest BCUT2D eigenvalue weighted by atomic mass is 16.2. The molecule has 2 bridgehead atoms. The third-order valence-electron chi connectivity index (χ3n) is 8.11. The molecule has 4 aromatic heterocycles. The molecular formula is C28H26N10O2. The van der Waals surface area contributed by atoms with Gasteiger partial charge in [0.25, 0.3) is 5.91 Å². The van der Waals surface area contributed by atoms with Gasteiger partial charge in [-0.1, -0.05) is 36.4 Å². The Balaban J connectivity index is 1.26. The number of piperidine rings is 1. The van der Waals surface area contributed by atoms with E-state index in [2.05, 4.69) is 30.7 Å². The maximum atomic E-state index is 13.1. The highest BCUT2D eigenvalue weighted by Gasteiger charge is 2.46. The number of benzene rings is 1. The third-order valence-corrected chi connectivity index (χ3v) is 8.11. The first kappa shape index (κ1) is 24.1. The molecule has 2 aliphatic heterocycles. The number of amides is 1. The number of aromatic nitrogens is 8. The van der Waals surface area contributed by atoms with Crippen molar-refractivity contribution in [3.05, 3.63) is 71.9 Å². The van der Waals surface area contributed by atoms with Gasteiger partial charge in [-0.3, -0.25) is 14.6 Å². The van der Waals surface area contributed by atoms with Gasteiger partial charge < -0.3 is 10.6 Å². The molecule has 2 saturated heterocycles. The molecule has 1 amide bonds. The number of pyridine rings is 1. The Morgan fingerprint density at radius 1 is 1.00 bits per heavy atom. The van der Waals surface area contributed by atoms with Crippen molar-refractivity contribution in [1.82, 2.24) is 45.1 Å². The average Bonchev–Trinajstić information content (AvgIpc) is 3.71. The van der Waals surface area contributed by atoms with E-state index in [1.165, 1.54) is 11.4 Å². The molecule has 3 N–H and O–H groups in total. The number of nitrogen functional groups attached to an aromatic ring is 1. The zero-order chi connectivity index (χ0) is 27.4. The number of tetrazole rings is 1. The molecule has 7 rings (SSSR count). The fourth-order valence-electron chi connectivity index (χ4n) is 6.33. The number of nitrogens with two attached hydrogens (primary N) is 1. The van der Waals surface area contributed by atoms with Crippen LogP contribution >= 0.6 is 0 Å². The van der Waals surface area contributed by atoms with E-state index in [1.54, 1.807) is 12.4 Å². The van der Waals surface area contributed by atoms with E-state index < -0.39 is 0 Å². The summed E-state index contributed by atoms with van der Waals surface area (Å²) in [6.45, 7) is 1.50. The average molecular weight is 535 g/mol. The minimum atomic E-state index is -0.199. The molecule has 1 aromatic carbocycles. The molecular weight excluding hydrogens is 508 g/mol. The molecule has 0 radical (unpaired) electrons. The zero-order valence-electron chi connectivity index (χ0n) is 21.7. The van der Waals surface area contributed by atoms with Crippen LogP contribution in [0.3, 0.4) is 0 Å². The Morgan fingerprint density at radius 3 is 2.42 bits per heavy atom. The van der Waals surface area contributed by atoms with Gasteiger partial charge in [-0.2, -0.15) is 9.61 Å². The lowest BCUT2D eigenvalue weighted by Crippen LogP contribution is -2.46. The van der Waals surface area contributed by atoms with Crippen LogP contribution in [0.25, 0.3) is 28.0 Å². The van der Waals surface area contributed by atoms with Crippen LogP contribution < -0.4 is 5.73 Å². The lowest BCUT2D eigenvalue weighted by molar-refractivity contribution is 0.0555. The molecule has 0 saturated carbocycles. The van der Waals surface area contributed by atoms with Gasteiger partial charge in [-0.05, 0) is 49.1 Å². The topological polar surface area (TPSA) is 161 Å². The number of anilines is 1. The smallest absolute Gasteiger partial charge is 0.293 e. The van der Waals surface area contributed by atoms with Crippen LogP contribution in [0.4, 0.5) is 5.82 Å². The van der Waals surface area contributed by atoms with E-state index in [9.17, 15) is 9.59 Å². The number of H-pyrrole nitrogens is 1. The number of hydrogen-bond acceptors (Lipinski definition) is 9. The Kier molecular flexibility index (Phi) is 5.61. The Morgan fingerprint density at radius 2 is 1.77 bits per heavy atom. The zero-order valence-corrected chi connectivity index (χ0v) is 21.7. The summed E-state index contributed by atoms with van der Waals surface area (Å²) >= 11 is 0. The SMILES string of the molecule is CC(=O)c1c([C@@H]2C[C@H]3CC[C@@H](C2)N3C(=O)c2nnn[nH]2)nc2c(-c3ccc(-c4ccccc4)nc3)cnn2c1N. The maximum absolute atomic E-state index is 13.1. The highest BCUT2D eigenvalue weighted by Crippen LogP contribution is 2.45. The Bertz CT molecular complexity index is 1720. The van der Waals surface area contributed by atoms with Gasteiger partial charge in [0.1, 0.15) is 5.82 Å². The summed E-state index contributed by atoms with van der Waals surface area (Å²) in [5.41, 5.74) is 11.7. The van der Waals surface area contributed by atoms with E-state index >= 15 is 0 Å². The summed E-state index contributed by atoms with van der Waals surface area (Å²) in [4.78, 5) is 37.6. The summed E-state index contributed by atoms with van der Waals surface area (Å²) in [7, 11) is 0. The number of nitrogens with one attached hydrogen (secondary N) is 1. The van der Waals surface area contributed by atoms with E-state index in [4.69, 9.17) is 10.7 Å². The molecule has 6 heterocycles. The highest BCUT2D eigenvalue weighted by molar-refractivity contribution is 6.00. The predicted molar refractivity (Wildman–Crippen MR) is 145 cm³/mol. The number of Topliss-reactive ketones (excluding diaryl/α,β-unsaturated/α-hetero) is 1. The van der Waals surface area contributed by atoms with Gasteiger partial charge in [-0.15, -0.1) is 5.10 Å². The molecule has 5 aromatic rings. The quantitative estimate of drug-likeness (QED) is 0.322. The molecule has 12 heteroatoms. The van der Waals surface area contributed by atoms with Crippen molar-refractivity contribution in [2.24, 2.45) is 0 Å². The normalized spacial score (nSPS) is 20.2. The van der Waals surface area contributed by atoms with Crippen molar-refractivity contribution in [1.29, 1.82) is 0 Å². The molecule has 0 unspecified atom stereocenters. The Labute approximate surface area is 228 Å². The van der Waals surface area contributed by atoms with Crippen LogP contribution in [0, 0.1) is 0 Å². The summed E-state index contributed by atoms with van der Waals surface area (Å²) < 4.78 is 1.53. The number of aromatic amines is 1. The van der Waals surface area contributed by atoms with Gasteiger partial charge in [0.2, 0.25) is 5.82 Å². The van der Waals surface area contributed by atoms with Gasteiger partial charge in [0.15, 0.2) is 11.4 Å². The second-order valence-corrected chi connectivity index (χ2v) is 10.4. The van der Waals surface area contributed by atoms with E-state index in [0.717, 1.165) is 35.2 Å². The first-order valence-corrected chi connectivity index (χ1v) is 13.3. The third kappa shape index (κ3) is 3.82. The minimum Gasteiger partial charge on any atom is -0.383 e. The van der Waals surface area contributed by atoms with Gasteiger partial charge in [0.05, 0.1) is 23.1 Å². The summed E-state index contributed by atoms with van der Waals surface area (Å²) in [5.74, 6) is 0.00843. The number of carbonyl (C=O) groups is 2. The summed E-state index contributed by atoms with van der Waals surface area (Å²) in [6.07, 6.45) is 6.60. The largest absolute Gasteiger partial charge is 0.383 e. The second kappa shape index (κ2) is 9.33. The number of fused-ring (bicyclic) bond motifs is 3. The lowest BCUT2D eigenvalue weighted by Gasteiger charge is -2.38. The lowest BCUT2D eigenvalue weighted by atomic mass is 9.85. The van der Waals surface area contributed by atoms with Gasteiger partial charge >= 0.3 is 0 Å². The second-order valence-electron chi connectivity index (χ2n) is 10.4. The molecule has 0 aliphatic carbocycles. The van der Waals surface area contributed by atoms with Crippen LogP contribution in [-0.2, 0) is 0 Å². The van der Waals surface area contributed by atoms with Crippen molar-refractivity contribution < 1.29 is 9.59 Å². The maximum Gasteiger partial charge on any atom is 0.293 e. The first-order valence-electron chi connectivity index (χ1n) is 13.3. The standard InChI is InChI=1S/C28H26N10O2/c1-15(39)23-24(18-11-19-8-9-20(12-18)37(19)28(40)26-33-35-36-34-26)32-27-21(14-31-38(27)25(23)29)17-7-10-22(30-13-17)16-5-3-2-4-6-16/h2-7,10,13-14,18-20H,8-9,11-12,29H2,1H3,(H,33,34,35,36)/t18-,19-,20+. The molecule has 2 aliphatic rings. The van der Waals surface area contributed by atoms with Crippen molar-refractivity contribution in [2.45, 2.75) is 50.6 Å². The van der Waals surface area contributed by atoms with E-state index in [-0.39, 0.29) is 41.3 Å². The van der Waals surface area contributed by atoms with Crippen LogP contribution in [0.15, 0.2) is 54.9 Å². The summed E-state index contributed by atoms with van der Waals surface area (Å²) in [5, 5.41) is 18.0. The number of rotatable bonds is 5. The van der Waals surface area contributed by atoms with E-state index in [1.807, 2.05) is 47.4 Å². The van der Waals surface area contributed by atoms with Gasteiger partial charge in [0, 0.05) is 40.9 Å².